The standard InChI is InChI=1S/C27H31NO4S/c1-17-16-18(2)20(4)26(19(17)3)33(30,31)28-24-14-12-21(22-10-8-9-11-23(22)24)13-15-25(29)32-27(5,6)7/h8-16,28H,1-7H3. The summed E-state index contributed by atoms with van der Waals surface area (Å²) in [7, 11) is -3.81. The summed E-state index contributed by atoms with van der Waals surface area (Å²) in [5.41, 5.74) is 4.06. The number of anilines is 1. The molecule has 1 N–H and O–H groups in total. The Labute approximate surface area is 196 Å². The quantitative estimate of drug-likeness (QED) is 0.358. The maximum absolute atomic E-state index is 13.4. The minimum atomic E-state index is -3.81. The van der Waals surface area contributed by atoms with Crippen LogP contribution in [0.15, 0.2) is 53.4 Å². The van der Waals surface area contributed by atoms with Crippen molar-refractivity contribution in [2.75, 3.05) is 4.72 Å². The Balaban J connectivity index is 2.04. The molecule has 0 amide bonds. The Morgan fingerprint density at radius 2 is 1.48 bits per heavy atom. The largest absolute Gasteiger partial charge is 0.457 e. The van der Waals surface area contributed by atoms with Crippen molar-refractivity contribution in [3.8, 4) is 0 Å². The van der Waals surface area contributed by atoms with E-state index in [9.17, 15) is 13.2 Å². The molecule has 3 rings (SSSR count). The number of hydrogen-bond donors (Lipinski definition) is 1. The van der Waals surface area contributed by atoms with E-state index in [1.165, 1.54) is 6.08 Å². The van der Waals surface area contributed by atoms with Gasteiger partial charge in [0.05, 0.1) is 10.6 Å². The maximum atomic E-state index is 13.4. The molecule has 0 aliphatic carbocycles. The lowest BCUT2D eigenvalue weighted by Gasteiger charge is -2.18. The number of nitrogens with one attached hydrogen (secondary N) is 1. The fourth-order valence-corrected chi connectivity index (χ4v) is 5.53. The molecule has 0 aliphatic heterocycles. The fraction of sp³-hybridized carbons (Fsp3) is 0.296. The van der Waals surface area contributed by atoms with Crippen LogP contribution in [0.1, 0.15) is 48.6 Å². The molecule has 33 heavy (non-hydrogen) atoms. The normalized spacial score (nSPS) is 12.3. The predicted molar refractivity (Wildman–Crippen MR) is 135 cm³/mol. The van der Waals surface area contributed by atoms with E-state index in [-0.39, 0.29) is 0 Å². The van der Waals surface area contributed by atoms with Crippen molar-refractivity contribution in [1.29, 1.82) is 0 Å². The van der Waals surface area contributed by atoms with Crippen molar-refractivity contribution in [1.82, 2.24) is 0 Å². The van der Waals surface area contributed by atoms with Crippen LogP contribution in [0.2, 0.25) is 0 Å². The Kier molecular flexibility index (Phi) is 6.70. The van der Waals surface area contributed by atoms with Crippen LogP contribution in [0, 0.1) is 27.7 Å². The lowest BCUT2D eigenvalue weighted by atomic mass is 10.0. The highest BCUT2D eigenvalue weighted by Crippen LogP contribution is 2.32. The van der Waals surface area contributed by atoms with E-state index < -0.39 is 21.6 Å². The molecule has 174 valence electrons. The van der Waals surface area contributed by atoms with E-state index in [4.69, 9.17) is 4.74 Å². The molecule has 0 unspecified atom stereocenters. The first kappa shape index (κ1) is 24.5. The molecular weight excluding hydrogens is 434 g/mol. The molecule has 0 atom stereocenters. The Bertz CT molecular complexity index is 1340. The van der Waals surface area contributed by atoms with Gasteiger partial charge in [-0.3, -0.25) is 4.72 Å². The Morgan fingerprint density at radius 3 is 2.06 bits per heavy atom. The summed E-state index contributed by atoms with van der Waals surface area (Å²) >= 11 is 0. The van der Waals surface area contributed by atoms with Crippen LogP contribution in [-0.2, 0) is 19.6 Å². The summed E-state index contributed by atoms with van der Waals surface area (Å²) in [6.07, 6.45) is 3.08. The van der Waals surface area contributed by atoms with E-state index in [0.717, 1.165) is 38.6 Å². The van der Waals surface area contributed by atoms with Gasteiger partial charge in [0.25, 0.3) is 10.0 Å². The van der Waals surface area contributed by atoms with Gasteiger partial charge in [0.2, 0.25) is 0 Å². The molecule has 0 bridgehead atoms. The van der Waals surface area contributed by atoms with Crippen LogP contribution in [0.5, 0.6) is 0 Å². The zero-order valence-electron chi connectivity index (χ0n) is 20.2. The Morgan fingerprint density at radius 1 is 0.909 bits per heavy atom. The summed E-state index contributed by atoms with van der Waals surface area (Å²) in [6, 6.07) is 13.0. The van der Waals surface area contributed by atoms with Crippen LogP contribution in [-0.4, -0.2) is 20.0 Å². The predicted octanol–water partition coefficient (Wildman–Crippen LogP) is 6.23. The van der Waals surface area contributed by atoms with Crippen molar-refractivity contribution in [2.24, 2.45) is 0 Å². The maximum Gasteiger partial charge on any atom is 0.331 e. The molecule has 0 spiro atoms. The molecule has 5 nitrogen and oxygen atoms in total. The van der Waals surface area contributed by atoms with Gasteiger partial charge in [-0.2, -0.15) is 0 Å². The second kappa shape index (κ2) is 9.02. The molecule has 0 saturated heterocycles. The van der Waals surface area contributed by atoms with E-state index in [2.05, 4.69) is 4.72 Å². The number of esters is 1. The van der Waals surface area contributed by atoms with Crippen LogP contribution >= 0.6 is 0 Å². The van der Waals surface area contributed by atoms with Gasteiger partial charge >= 0.3 is 5.97 Å². The molecule has 6 heteroatoms. The SMILES string of the molecule is Cc1cc(C)c(C)c(S(=O)(=O)Nc2ccc(C=CC(=O)OC(C)(C)C)c3ccccc23)c1C. The topological polar surface area (TPSA) is 72.5 Å². The molecular formula is C27H31NO4S. The van der Waals surface area contributed by atoms with E-state index in [1.807, 2.05) is 78.8 Å². The molecule has 0 fully saturated rings. The summed E-state index contributed by atoms with van der Waals surface area (Å²) in [4.78, 5) is 12.4. The first-order valence-corrected chi connectivity index (χ1v) is 12.3. The zero-order chi connectivity index (χ0) is 24.6. The number of rotatable bonds is 5. The first-order chi connectivity index (χ1) is 15.3. The van der Waals surface area contributed by atoms with Crippen molar-refractivity contribution in [3.63, 3.8) is 0 Å². The summed E-state index contributed by atoms with van der Waals surface area (Å²) < 4.78 is 35.0. The number of sulfonamides is 1. The Hall–Kier alpha value is -3.12. The van der Waals surface area contributed by atoms with Crippen molar-refractivity contribution < 1.29 is 17.9 Å². The van der Waals surface area contributed by atoms with Gasteiger partial charge in [-0.25, -0.2) is 13.2 Å². The third-order valence-corrected chi connectivity index (χ3v) is 7.21. The number of aryl methyl sites for hydroxylation is 2. The minimum absolute atomic E-state index is 0.318. The minimum Gasteiger partial charge on any atom is -0.457 e. The van der Waals surface area contributed by atoms with Crippen LogP contribution in [0.3, 0.4) is 0 Å². The van der Waals surface area contributed by atoms with Gasteiger partial charge in [0, 0.05) is 11.5 Å². The third-order valence-electron chi connectivity index (χ3n) is 5.57. The average molecular weight is 466 g/mol. The zero-order valence-corrected chi connectivity index (χ0v) is 21.1. The number of fused-ring (bicyclic) bond motifs is 1. The van der Waals surface area contributed by atoms with Gasteiger partial charge in [-0.05, 0) is 93.8 Å². The molecule has 0 aliphatic rings. The number of hydrogen-bond acceptors (Lipinski definition) is 4. The lowest BCUT2D eigenvalue weighted by molar-refractivity contribution is -0.148. The van der Waals surface area contributed by atoms with Gasteiger partial charge in [-0.1, -0.05) is 36.4 Å². The summed E-state index contributed by atoms with van der Waals surface area (Å²) in [6.45, 7) is 12.9. The van der Waals surface area contributed by atoms with Gasteiger partial charge in [0.15, 0.2) is 0 Å². The fourth-order valence-electron chi connectivity index (χ4n) is 3.83. The molecule has 0 radical (unpaired) electrons. The van der Waals surface area contributed by atoms with Crippen molar-refractivity contribution in [2.45, 2.75) is 59.0 Å². The van der Waals surface area contributed by atoms with Gasteiger partial charge in [0.1, 0.15) is 5.60 Å². The first-order valence-electron chi connectivity index (χ1n) is 10.8. The number of benzene rings is 3. The summed E-state index contributed by atoms with van der Waals surface area (Å²) in [5, 5.41) is 1.57. The second-order valence-electron chi connectivity index (χ2n) is 9.31. The van der Waals surface area contributed by atoms with Crippen LogP contribution in [0.25, 0.3) is 16.8 Å². The molecule has 3 aromatic carbocycles. The molecule has 0 aromatic heterocycles. The molecule has 0 heterocycles. The lowest BCUT2D eigenvalue weighted by Crippen LogP contribution is -2.22. The number of ether oxygens (including phenoxy) is 1. The molecule has 0 saturated carbocycles. The highest BCUT2D eigenvalue weighted by Gasteiger charge is 2.23. The van der Waals surface area contributed by atoms with Crippen molar-refractivity contribution >= 4 is 38.5 Å². The van der Waals surface area contributed by atoms with E-state index in [0.29, 0.717) is 10.6 Å². The second-order valence-corrected chi connectivity index (χ2v) is 10.9. The summed E-state index contributed by atoms with van der Waals surface area (Å²) in [5.74, 6) is -0.433. The van der Waals surface area contributed by atoms with Gasteiger partial charge < -0.3 is 4.74 Å². The monoisotopic (exact) mass is 465 g/mol. The van der Waals surface area contributed by atoms with E-state index in [1.54, 1.807) is 18.2 Å². The highest BCUT2D eigenvalue weighted by molar-refractivity contribution is 7.92. The molecule has 3 aromatic rings. The van der Waals surface area contributed by atoms with E-state index >= 15 is 0 Å². The van der Waals surface area contributed by atoms with Crippen molar-refractivity contribution in [3.05, 3.63) is 76.4 Å². The van der Waals surface area contributed by atoms with Crippen LogP contribution in [0.4, 0.5) is 5.69 Å². The number of carbonyl (C=O) groups is 1. The third kappa shape index (κ3) is 5.45. The smallest absolute Gasteiger partial charge is 0.331 e. The van der Waals surface area contributed by atoms with Crippen LogP contribution < -0.4 is 4.72 Å². The average Bonchev–Trinajstić information content (AvgIpc) is 2.70. The number of carbonyl (C=O) groups excluding carboxylic acids is 1. The highest BCUT2D eigenvalue weighted by atomic mass is 32.2. The van der Waals surface area contributed by atoms with Gasteiger partial charge in [-0.15, -0.1) is 0 Å².